The molecule has 0 aliphatic carbocycles. The number of thiazole rings is 1. The van der Waals surface area contributed by atoms with Crippen LogP contribution in [0.25, 0.3) is 10.8 Å². The minimum atomic E-state index is -0.353. The fraction of sp³-hybridized carbons (Fsp3) is 0.316. The van der Waals surface area contributed by atoms with Crippen molar-refractivity contribution in [1.82, 2.24) is 20.5 Å². The minimum Gasteiger partial charge on any atom is -0.495 e. The SMILES string of the molecule is COc1ccc(C)cc1NC(=O)CNC(=O)CSc1nnc(-c2sc(C)nc2C)o1. The van der Waals surface area contributed by atoms with Crippen LogP contribution in [0, 0.1) is 20.8 Å². The number of aryl methyl sites for hydroxylation is 3. The van der Waals surface area contributed by atoms with Crippen LogP contribution in [0.1, 0.15) is 16.3 Å². The molecule has 2 heterocycles. The quantitative estimate of drug-likeness (QED) is 0.506. The number of carbonyl (C=O) groups is 2. The second-order valence-electron chi connectivity index (χ2n) is 6.34. The summed E-state index contributed by atoms with van der Waals surface area (Å²) in [6.45, 7) is 5.53. The number of hydrogen-bond donors (Lipinski definition) is 2. The van der Waals surface area contributed by atoms with Crippen LogP contribution in [-0.4, -0.2) is 46.4 Å². The first kappa shape index (κ1) is 21.8. The van der Waals surface area contributed by atoms with Gasteiger partial charge in [0.2, 0.25) is 11.8 Å². The molecule has 158 valence electrons. The maximum absolute atomic E-state index is 12.1. The highest BCUT2D eigenvalue weighted by Crippen LogP contribution is 2.30. The van der Waals surface area contributed by atoms with E-state index in [4.69, 9.17) is 9.15 Å². The number of hydrogen-bond acceptors (Lipinski definition) is 9. The number of aromatic nitrogens is 3. The molecule has 9 nitrogen and oxygen atoms in total. The average molecular weight is 448 g/mol. The van der Waals surface area contributed by atoms with Crippen LogP contribution in [0.4, 0.5) is 5.69 Å². The number of anilines is 1. The van der Waals surface area contributed by atoms with Gasteiger partial charge in [0, 0.05) is 0 Å². The van der Waals surface area contributed by atoms with E-state index in [0.29, 0.717) is 17.3 Å². The van der Waals surface area contributed by atoms with Crippen molar-refractivity contribution in [2.24, 2.45) is 0 Å². The Morgan fingerprint density at radius 1 is 1.20 bits per heavy atom. The van der Waals surface area contributed by atoms with Gasteiger partial charge in [0.1, 0.15) is 10.6 Å². The first-order valence-corrected chi connectivity index (χ1v) is 10.8. The van der Waals surface area contributed by atoms with E-state index in [1.54, 1.807) is 12.1 Å². The molecule has 30 heavy (non-hydrogen) atoms. The number of thioether (sulfide) groups is 1. The highest BCUT2D eigenvalue weighted by Gasteiger charge is 2.16. The maximum atomic E-state index is 12.1. The monoisotopic (exact) mass is 447 g/mol. The van der Waals surface area contributed by atoms with E-state index in [2.05, 4.69) is 25.8 Å². The van der Waals surface area contributed by atoms with Gasteiger partial charge >= 0.3 is 0 Å². The zero-order valence-corrected chi connectivity index (χ0v) is 18.6. The van der Waals surface area contributed by atoms with Crippen LogP contribution in [-0.2, 0) is 9.59 Å². The van der Waals surface area contributed by atoms with Crippen LogP contribution >= 0.6 is 23.1 Å². The molecule has 0 radical (unpaired) electrons. The van der Waals surface area contributed by atoms with E-state index in [-0.39, 0.29) is 29.3 Å². The summed E-state index contributed by atoms with van der Waals surface area (Å²) < 4.78 is 10.8. The van der Waals surface area contributed by atoms with E-state index in [0.717, 1.165) is 32.9 Å². The Balaban J connectivity index is 1.47. The van der Waals surface area contributed by atoms with Crippen LogP contribution in [0.5, 0.6) is 5.75 Å². The van der Waals surface area contributed by atoms with Gasteiger partial charge in [0.05, 0.1) is 35.8 Å². The number of amides is 2. The Labute approximate surface area is 181 Å². The van der Waals surface area contributed by atoms with Crippen LogP contribution < -0.4 is 15.4 Å². The molecule has 2 aromatic heterocycles. The molecule has 0 atom stereocenters. The van der Waals surface area contributed by atoms with Gasteiger partial charge in [-0.05, 0) is 38.5 Å². The molecule has 0 saturated carbocycles. The van der Waals surface area contributed by atoms with Crippen molar-refractivity contribution in [3.8, 4) is 16.5 Å². The van der Waals surface area contributed by atoms with Crippen molar-refractivity contribution in [1.29, 1.82) is 0 Å². The van der Waals surface area contributed by atoms with Crippen molar-refractivity contribution >= 4 is 40.6 Å². The smallest absolute Gasteiger partial charge is 0.277 e. The van der Waals surface area contributed by atoms with E-state index in [1.165, 1.54) is 18.4 Å². The van der Waals surface area contributed by atoms with Crippen molar-refractivity contribution in [3.05, 3.63) is 34.5 Å². The number of carbonyl (C=O) groups excluding carboxylic acids is 2. The molecule has 0 spiro atoms. The number of benzene rings is 1. The third-order valence-corrected chi connectivity index (χ3v) is 5.79. The molecule has 2 amide bonds. The fourth-order valence-electron chi connectivity index (χ4n) is 2.56. The Morgan fingerprint density at radius 2 is 2.00 bits per heavy atom. The Hall–Kier alpha value is -2.92. The summed E-state index contributed by atoms with van der Waals surface area (Å²) in [7, 11) is 1.53. The molecule has 1 aromatic carbocycles. The van der Waals surface area contributed by atoms with Crippen molar-refractivity contribution in [3.63, 3.8) is 0 Å². The van der Waals surface area contributed by atoms with Gasteiger partial charge in [0.15, 0.2) is 0 Å². The summed E-state index contributed by atoms with van der Waals surface area (Å²) in [4.78, 5) is 29.3. The Kier molecular flexibility index (Phi) is 7.06. The van der Waals surface area contributed by atoms with E-state index in [9.17, 15) is 9.59 Å². The lowest BCUT2D eigenvalue weighted by Crippen LogP contribution is -2.34. The molecule has 11 heteroatoms. The molecule has 3 rings (SSSR count). The molecule has 0 aliphatic rings. The number of ether oxygens (including phenoxy) is 1. The average Bonchev–Trinajstić information content (AvgIpc) is 3.30. The van der Waals surface area contributed by atoms with Crippen LogP contribution in [0.2, 0.25) is 0 Å². The molecule has 3 aromatic rings. The standard InChI is InChI=1S/C19H21N5O4S2/c1-10-5-6-14(27-4)13(7-10)22-15(25)8-20-16(26)9-29-19-24-23-18(28-19)17-11(2)21-12(3)30-17/h5-7H,8-9H2,1-4H3,(H,20,26)(H,22,25). The highest BCUT2D eigenvalue weighted by molar-refractivity contribution is 7.99. The lowest BCUT2D eigenvalue weighted by atomic mass is 10.2. The molecule has 0 fully saturated rings. The third-order valence-electron chi connectivity index (χ3n) is 3.91. The van der Waals surface area contributed by atoms with Gasteiger partial charge in [-0.15, -0.1) is 21.5 Å². The van der Waals surface area contributed by atoms with Gasteiger partial charge in [-0.2, -0.15) is 0 Å². The molecule has 0 bridgehead atoms. The third kappa shape index (κ3) is 5.57. The number of rotatable bonds is 8. The summed E-state index contributed by atoms with van der Waals surface area (Å²) in [5.41, 5.74) is 2.36. The number of nitrogens with one attached hydrogen (secondary N) is 2. The molecule has 2 N–H and O–H groups in total. The summed E-state index contributed by atoms with van der Waals surface area (Å²) in [6.07, 6.45) is 0. The molecule has 0 aliphatic heterocycles. The zero-order chi connectivity index (χ0) is 21.7. The van der Waals surface area contributed by atoms with Gasteiger partial charge < -0.3 is 19.8 Å². The largest absolute Gasteiger partial charge is 0.495 e. The van der Waals surface area contributed by atoms with Gasteiger partial charge in [-0.25, -0.2) is 4.98 Å². The second-order valence-corrected chi connectivity index (χ2v) is 8.47. The lowest BCUT2D eigenvalue weighted by Gasteiger charge is -2.11. The summed E-state index contributed by atoms with van der Waals surface area (Å²) in [5.74, 6) is 0.301. The van der Waals surface area contributed by atoms with E-state index < -0.39 is 0 Å². The van der Waals surface area contributed by atoms with Crippen LogP contribution in [0.3, 0.4) is 0 Å². The lowest BCUT2D eigenvalue weighted by molar-refractivity contribution is -0.122. The predicted octanol–water partition coefficient (Wildman–Crippen LogP) is 2.97. The van der Waals surface area contributed by atoms with Gasteiger partial charge in [0.25, 0.3) is 11.1 Å². The van der Waals surface area contributed by atoms with E-state index in [1.807, 2.05) is 26.8 Å². The summed E-state index contributed by atoms with van der Waals surface area (Å²) >= 11 is 2.57. The van der Waals surface area contributed by atoms with Crippen molar-refractivity contribution < 1.29 is 18.7 Å². The highest BCUT2D eigenvalue weighted by atomic mass is 32.2. The fourth-order valence-corrected chi connectivity index (χ4v) is 3.99. The molecular formula is C19H21N5O4S2. The molecule has 0 saturated heterocycles. The maximum Gasteiger partial charge on any atom is 0.277 e. The first-order chi connectivity index (χ1) is 14.4. The Morgan fingerprint density at radius 3 is 2.70 bits per heavy atom. The zero-order valence-electron chi connectivity index (χ0n) is 16.9. The molecular weight excluding hydrogens is 426 g/mol. The predicted molar refractivity (Wildman–Crippen MR) is 115 cm³/mol. The normalized spacial score (nSPS) is 10.7. The number of methoxy groups -OCH3 is 1. The van der Waals surface area contributed by atoms with Gasteiger partial charge in [-0.1, -0.05) is 17.8 Å². The topological polar surface area (TPSA) is 119 Å². The molecule has 0 unspecified atom stereocenters. The Bertz CT molecular complexity index is 1060. The van der Waals surface area contributed by atoms with Crippen molar-refractivity contribution in [2.75, 3.05) is 24.7 Å². The van der Waals surface area contributed by atoms with Gasteiger partial charge in [-0.3, -0.25) is 9.59 Å². The summed E-state index contributed by atoms with van der Waals surface area (Å²) in [6, 6.07) is 5.45. The van der Waals surface area contributed by atoms with Crippen LogP contribution in [0.15, 0.2) is 27.8 Å². The summed E-state index contributed by atoms with van der Waals surface area (Å²) in [5, 5.41) is 14.4. The second kappa shape index (κ2) is 9.72. The number of nitrogens with zero attached hydrogens (tertiary/aromatic N) is 3. The van der Waals surface area contributed by atoms with Crippen molar-refractivity contribution in [2.45, 2.75) is 26.0 Å². The first-order valence-electron chi connectivity index (χ1n) is 8.97. The van der Waals surface area contributed by atoms with E-state index >= 15 is 0 Å². The minimum absolute atomic E-state index is 0.0450.